The van der Waals surface area contributed by atoms with Crippen LogP contribution in [0.2, 0.25) is 5.02 Å². The third-order valence-electron chi connectivity index (χ3n) is 4.14. The van der Waals surface area contributed by atoms with Gasteiger partial charge in [0.1, 0.15) is 0 Å². The van der Waals surface area contributed by atoms with Crippen LogP contribution in [-0.4, -0.2) is 61.0 Å². The summed E-state index contributed by atoms with van der Waals surface area (Å²) in [5.74, 6) is -0.153. The lowest BCUT2D eigenvalue weighted by Gasteiger charge is -2.37. The molecular weight excluding hydrogens is 339 g/mol. The predicted molar refractivity (Wildman–Crippen MR) is 91.0 cm³/mol. The highest BCUT2D eigenvalue weighted by Crippen LogP contribution is 2.24. The molecule has 3 rings (SSSR count). The van der Waals surface area contributed by atoms with Crippen LogP contribution in [0.3, 0.4) is 0 Å². The van der Waals surface area contributed by atoms with Crippen molar-refractivity contribution in [3.05, 3.63) is 34.9 Å². The van der Waals surface area contributed by atoms with E-state index in [9.17, 15) is 9.59 Å². The Morgan fingerprint density at radius 3 is 2.78 bits per heavy atom. The van der Waals surface area contributed by atoms with Crippen molar-refractivity contribution in [3.8, 4) is 0 Å². The Balaban J connectivity index is 0.00000192. The van der Waals surface area contributed by atoms with Gasteiger partial charge in [-0.1, -0.05) is 23.7 Å². The third-order valence-corrected chi connectivity index (χ3v) is 4.37. The van der Waals surface area contributed by atoms with E-state index in [0.717, 1.165) is 30.2 Å². The van der Waals surface area contributed by atoms with Crippen LogP contribution < -0.4 is 10.6 Å². The maximum absolute atomic E-state index is 11.6. The minimum absolute atomic E-state index is 0. The lowest BCUT2D eigenvalue weighted by atomic mass is 10.0. The summed E-state index contributed by atoms with van der Waals surface area (Å²) < 4.78 is 0. The number of nitrogens with zero attached hydrogens (tertiary/aromatic N) is 2. The standard InChI is InChI=1S/C15H19ClN4O2.ClH/c16-12-3-1-2-11(8-12)13-9-17-4-5-19(13)6-7-20-14(21)10-18-15(20)22;/h1-3,8,13,17H,4-7,9-10H2,(H,18,22);1H. The zero-order chi connectivity index (χ0) is 15.5. The van der Waals surface area contributed by atoms with Gasteiger partial charge in [0.05, 0.1) is 6.54 Å². The summed E-state index contributed by atoms with van der Waals surface area (Å²) >= 11 is 6.09. The second-order valence-corrected chi connectivity index (χ2v) is 5.95. The Morgan fingerprint density at radius 1 is 1.26 bits per heavy atom. The van der Waals surface area contributed by atoms with Gasteiger partial charge in [-0.05, 0) is 17.7 Å². The van der Waals surface area contributed by atoms with Crippen LogP contribution in [0.25, 0.3) is 0 Å². The number of benzene rings is 1. The molecule has 1 unspecified atom stereocenters. The topological polar surface area (TPSA) is 64.7 Å². The summed E-state index contributed by atoms with van der Waals surface area (Å²) in [4.78, 5) is 26.8. The average Bonchev–Trinajstić information content (AvgIpc) is 2.84. The summed E-state index contributed by atoms with van der Waals surface area (Å²) in [7, 11) is 0. The molecule has 2 heterocycles. The minimum Gasteiger partial charge on any atom is -0.329 e. The summed E-state index contributed by atoms with van der Waals surface area (Å²) in [5, 5.41) is 6.65. The molecule has 126 valence electrons. The van der Waals surface area contributed by atoms with Gasteiger partial charge in [-0.15, -0.1) is 12.4 Å². The first kappa shape index (κ1) is 18.0. The number of rotatable bonds is 4. The largest absolute Gasteiger partial charge is 0.329 e. The smallest absolute Gasteiger partial charge is 0.324 e. The normalized spacial score (nSPS) is 22.0. The van der Waals surface area contributed by atoms with Crippen LogP contribution in [0.5, 0.6) is 0 Å². The highest BCUT2D eigenvalue weighted by molar-refractivity contribution is 6.30. The zero-order valence-electron chi connectivity index (χ0n) is 12.6. The molecule has 1 atom stereocenters. The summed E-state index contributed by atoms with van der Waals surface area (Å²) in [6, 6.07) is 7.75. The number of carbonyl (C=O) groups excluding carboxylic acids is 2. The Hall–Kier alpha value is -1.34. The van der Waals surface area contributed by atoms with Crippen LogP contribution in [-0.2, 0) is 4.79 Å². The predicted octanol–water partition coefficient (Wildman–Crippen LogP) is 1.26. The minimum atomic E-state index is -0.292. The molecule has 0 spiro atoms. The molecule has 2 N–H and O–H groups in total. The van der Waals surface area contributed by atoms with Gasteiger partial charge in [-0.2, -0.15) is 0 Å². The Labute approximate surface area is 146 Å². The van der Waals surface area contributed by atoms with Gasteiger partial charge in [0.25, 0.3) is 0 Å². The highest BCUT2D eigenvalue weighted by Gasteiger charge is 2.30. The first-order valence-corrected chi connectivity index (χ1v) is 7.81. The van der Waals surface area contributed by atoms with Gasteiger partial charge in [0, 0.05) is 43.8 Å². The van der Waals surface area contributed by atoms with Crippen molar-refractivity contribution in [3.63, 3.8) is 0 Å². The van der Waals surface area contributed by atoms with Crippen LogP contribution in [0.15, 0.2) is 24.3 Å². The maximum atomic E-state index is 11.6. The van der Waals surface area contributed by atoms with E-state index >= 15 is 0 Å². The number of urea groups is 1. The number of imide groups is 1. The van der Waals surface area contributed by atoms with Gasteiger partial charge < -0.3 is 10.6 Å². The molecule has 2 saturated heterocycles. The second-order valence-electron chi connectivity index (χ2n) is 5.51. The van der Waals surface area contributed by atoms with Gasteiger partial charge in [-0.3, -0.25) is 14.6 Å². The molecule has 0 saturated carbocycles. The molecule has 2 fully saturated rings. The van der Waals surface area contributed by atoms with E-state index in [-0.39, 0.29) is 36.9 Å². The van der Waals surface area contributed by atoms with Gasteiger partial charge in [0.2, 0.25) is 5.91 Å². The fourth-order valence-electron chi connectivity index (χ4n) is 2.97. The van der Waals surface area contributed by atoms with Crippen molar-refractivity contribution in [2.75, 3.05) is 39.3 Å². The Bertz CT molecular complexity index is 568. The molecule has 2 aliphatic heterocycles. The van der Waals surface area contributed by atoms with E-state index in [1.54, 1.807) is 0 Å². The fourth-order valence-corrected chi connectivity index (χ4v) is 3.17. The monoisotopic (exact) mass is 358 g/mol. The summed E-state index contributed by atoms with van der Waals surface area (Å²) in [6.45, 7) is 3.80. The third kappa shape index (κ3) is 4.14. The van der Waals surface area contributed by atoms with Crippen molar-refractivity contribution in [1.82, 2.24) is 20.4 Å². The molecule has 23 heavy (non-hydrogen) atoms. The molecule has 3 amide bonds. The van der Waals surface area contributed by atoms with Crippen LogP contribution in [0.4, 0.5) is 4.79 Å². The summed E-state index contributed by atoms with van der Waals surface area (Å²) in [6.07, 6.45) is 0. The Kier molecular flexibility index (Phi) is 6.24. The van der Waals surface area contributed by atoms with Crippen molar-refractivity contribution in [1.29, 1.82) is 0 Å². The number of hydrogen-bond acceptors (Lipinski definition) is 4. The van der Waals surface area contributed by atoms with E-state index in [0.29, 0.717) is 13.1 Å². The van der Waals surface area contributed by atoms with Crippen LogP contribution in [0, 0.1) is 0 Å². The second kappa shape index (κ2) is 7.97. The number of carbonyl (C=O) groups is 2. The zero-order valence-corrected chi connectivity index (χ0v) is 14.2. The number of piperazine rings is 1. The quantitative estimate of drug-likeness (QED) is 0.795. The van der Waals surface area contributed by atoms with Crippen LogP contribution >= 0.6 is 24.0 Å². The first-order valence-electron chi connectivity index (χ1n) is 7.43. The number of amides is 3. The van der Waals surface area contributed by atoms with Crippen LogP contribution in [0.1, 0.15) is 11.6 Å². The van der Waals surface area contributed by atoms with E-state index in [1.807, 2.05) is 18.2 Å². The molecule has 0 bridgehead atoms. The van der Waals surface area contributed by atoms with Gasteiger partial charge in [-0.25, -0.2) is 4.79 Å². The molecule has 6 nitrogen and oxygen atoms in total. The molecule has 1 aromatic rings. The number of halogens is 2. The van der Waals surface area contributed by atoms with Gasteiger partial charge >= 0.3 is 6.03 Å². The lowest BCUT2D eigenvalue weighted by Crippen LogP contribution is -2.49. The van der Waals surface area contributed by atoms with Gasteiger partial charge in [0.15, 0.2) is 0 Å². The van der Waals surface area contributed by atoms with Crippen molar-refractivity contribution in [2.45, 2.75) is 6.04 Å². The molecule has 1 aromatic carbocycles. The van der Waals surface area contributed by atoms with Crippen molar-refractivity contribution in [2.24, 2.45) is 0 Å². The maximum Gasteiger partial charge on any atom is 0.324 e. The van der Waals surface area contributed by atoms with Crippen molar-refractivity contribution >= 4 is 35.9 Å². The fraction of sp³-hybridized carbons (Fsp3) is 0.467. The SMILES string of the molecule is Cl.O=C1CNC(=O)N1CCN1CCNCC1c1cccc(Cl)c1. The Morgan fingerprint density at radius 2 is 2.09 bits per heavy atom. The molecule has 0 radical (unpaired) electrons. The van der Waals surface area contributed by atoms with E-state index in [2.05, 4.69) is 21.6 Å². The molecule has 8 heteroatoms. The van der Waals surface area contributed by atoms with E-state index < -0.39 is 0 Å². The number of nitrogens with one attached hydrogen (secondary N) is 2. The molecular formula is C15H20Cl2N4O2. The lowest BCUT2D eigenvalue weighted by molar-refractivity contribution is -0.125. The first-order chi connectivity index (χ1) is 10.6. The van der Waals surface area contributed by atoms with Crippen molar-refractivity contribution < 1.29 is 9.59 Å². The molecule has 0 aromatic heterocycles. The number of hydrogen-bond donors (Lipinski definition) is 2. The van der Waals surface area contributed by atoms with E-state index in [4.69, 9.17) is 11.6 Å². The molecule has 2 aliphatic rings. The van der Waals surface area contributed by atoms with E-state index in [1.165, 1.54) is 4.90 Å². The highest BCUT2D eigenvalue weighted by atomic mass is 35.5. The average molecular weight is 359 g/mol. The summed E-state index contributed by atoms with van der Waals surface area (Å²) in [5.41, 5.74) is 1.15. The molecule has 0 aliphatic carbocycles.